The summed E-state index contributed by atoms with van der Waals surface area (Å²) < 4.78 is 8.83. The molecule has 24 heavy (non-hydrogen) atoms. The van der Waals surface area contributed by atoms with Crippen molar-refractivity contribution >= 4 is 50.4 Å². The van der Waals surface area contributed by atoms with Crippen LogP contribution in [0.3, 0.4) is 0 Å². The van der Waals surface area contributed by atoms with Gasteiger partial charge >= 0.3 is 0 Å². The van der Waals surface area contributed by atoms with E-state index in [0.717, 1.165) is 40.8 Å². The molecule has 0 bridgehead atoms. The number of nitrogens with one attached hydrogen (secondary N) is 1. The van der Waals surface area contributed by atoms with Gasteiger partial charge in [-0.2, -0.15) is 0 Å². The van der Waals surface area contributed by atoms with Crippen molar-refractivity contribution in [2.75, 3.05) is 18.2 Å². The molecular formula is C16H16BrN5OS. The molecule has 1 aliphatic heterocycles. The number of thioether (sulfide) groups is 1. The lowest BCUT2D eigenvalue weighted by atomic mass is 10.3. The molecule has 124 valence electrons. The van der Waals surface area contributed by atoms with Gasteiger partial charge < -0.3 is 10.1 Å². The molecule has 1 aromatic carbocycles. The largest absolute Gasteiger partial charge is 0.358 e. The number of nitrogens with zero attached hydrogens (tertiary/aromatic N) is 4. The predicted octanol–water partition coefficient (Wildman–Crippen LogP) is 4.36. The van der Waals surface area contributed by atoms with Gasteiger partial charge in [-0.15, -0.1) is 0 Å². The van der Waals surface area contributed by atoms with Crippen molar-refractivity contribution in [3.63, 3.8) is 0 Å². The number of imidazole rings is 1. The molecule has 1 atom stereocenters. The van der Waals surface area contributed by atoms with Crippen molar-refractivity contribution in [3.8, 4) is 0 Å². The summed E-state index contributed by atoms with van der Waals surface area (Å²) in [6.45, 7) is 0.787. The maximum absolute atomic E-state index is 5.78. The van der Waals surface area contributed by atoms with Crippen LogP contribution >= 0.6 is 27.7 Å². The molecule has 8 heteroatoms. The summed E-state index contributed by atoms with van der Waals surface area (Å²) >= 11 is 4.96. The summed E-state index contributed by atoms with van der Waals surface area (Å²) in [7, 11) is 0. The molecule has 2 aromatic heterocycles. The van der Waals surface area contributed by atoms with Crippen LogP contribution in [0.2, 0.25) is 0 Å². The number of benzene rings is 1. The average Bonchev–Trinajstić information content (AvgIpc) is 3.25. The van der Waals surface area contributed by atoms with E-state index in [1.165, 1.54) is 11.8 Å². The molecule has 3 heterocycles. The number of anilines is 2. The van der Waals surface area contributed by atoms with Crippen LogP contribution in [-0.2, 0) is 4.74 Å². The van der Waals surface area contributed by atoms with E-state index < -0.39 is 0 Å². The van der Waals surface area contributed by atoms with Gasteiger partial charge in [0.05, 0.1) is 6.33 Å². The molecule has 1 aliphatic rings. The second kappa shape index (κ2) is 6.70. The molecular weight excluding hydrogens is 390 g/mol. The molecule has 0 aliphatic carbocycles. The first-order valence-corrected chi connectivity index (χ1v) is 9.69. The third-order valence-corrected chi connectivity index (χ3v) is 4.98. The molecule has 1 fully saturated rings. The summed E-state index contributed by atoms with van der Waals surface area (Å²) in [5.41, 5.74) is 2.52. The van der Waals surface area contributed by atoms with Gasteiger partial charge in [0.15, 0.2) is 22.1 Å². The minimum Gasteiger partial charge on any atom is -0.358 e. The van der Waals surface area contributed by atoms with Gasteiger partial charge in [-0.25, -0.2) is 15.0 Å². The Balaban J connectivity index is 1.77. The third-order valence-electron chi connectivity index (χ3n) is 3.91. The molecule has 4 rings (SSSR count). The number of aromatic nitrogens is 4. The number of rotatable bonds is 4. The summed E-state index contributed by atoms with van der Waals surface area (Å²) in [4.78, 5) is 13.8. The van der Waals surface area contributed by atoms with E-state index >= 15 is 0 Å². The van der Waals surface area contributed by atoms with E-state index in [0.29, 0.717) is 11.0 Å². The standard InChI is InChI=1S/C16H16BrN5OS/c1-24-16-20-14(19-11-6-4-10(17)5-7-11)13-15(21-16)22(9-18-13)12-3-2-8-23-12/h4-7,9,12H,2-3,8H2,1H3,(H,19,20,21). The Hall–Kier alpha value is -1.64. The minimum absolute atomic E-state index is 0.0140. The highest BCUT2D eigenvalue weighted by molar-refractivity contribution is 9.10. The molecule has 0 saturated carbocycles. The predicted molar refractivity (Wildman–Crippen MR) is 98.8 cm³/mol. The highest BCUT2D eigenvalue weighted by Gasteiger charge is 2.22. The zero-order valence-electron chi connectivity index (χ0n) is 13.1. The zero-order valence-corrected chi connectivity index (χ0v) is 15.5. The summed E-state index contributed by atoms with van der Waals surface area (Å²) in [6.07, 6.45) is 5.83. The van der Waals surface area contributed by atoms with Crippen molar-refractivity contribution in [3.05, 3.63) is 35.1 Å². The number of halogens is 1. The van der Waals surface area contributed by atoms with Crippen molar-refractivity contribution < 1.29 is 4.74 Å². The van der Waals surface area contributed by atoms with E-state index in [9.17, 15) is 0 Å². The van der Waals surface area contributed by atoms with E-state index in [2.05, 4.69) is 36.2 Å². The lowest BCUT2D eigenvalue weighted by Gasteiger charge is -2.12. The second-order valence-corrected chi connectivity index (χ2v) is 7.17. The highest BCUT2D eigenvalue weighted by Crippen LogP contribution is 2.30. The molecule has 0 amide bonds. The fraction of sp³-hybridized carbons (Fsp3) is 0.312. The normalized spacial score (nSPS) is 17.5. The Morgan fingerprint density at radius 3 is 2.83 bits per heavy atom. The van der Waals surface area contributed by atoms with Gasteiger partial charge in [0.1, 0.15) is 6.23 Å². The first-order valence-electron chi connectivity index (χ1n) is 7.67. The van der Waals surface area contributed by atoms with Crippen LogP contribution in [0.4, 0.5) is 11.5 Å². The molecule has 0 spiro atoms. The fourth-order valence-electron chi connectivity index (χ4n) is 2.74. The summed E-state index contributed by atoms with van der Waals surface area (Å²) in [6, 6.07) is 7.96. The Bertz CT molecular complexity index is 861. The van der Waals surface area contributed by atoms with E-state index in [-0.39, 0.29) is 6.23 Å². The molecule has 1 saturated heterocycles. The second-order valence-electron chi connectivity index (χ2n) is 5.48. The van der Waals surface area contributed by atoms with Crippen LogP contribution in [0.25, 0.3) is 11.2 Å². The Morgan fingerprint density at radius 2 is 2.12 bits per heavy atom. The summed E-state index contributed by atoms with van der Waals surface area (Å²) in [5, 5.41) is 4.06. The number of hydrogen-bond acceptors (Lipinski definition) is 6. The number of ether oxygens (including phenoxy) is 1. The first-order chi connectivity index (χ1) is 11.7. The first kappa shape index (κ1) is 15.9. The van der Waals surface area contributed by atoms with Gasteiger partial charge in [-0.05, 0) is 43.4 Å². The van der Waals surface area contributed by atoms with Crippen molar-refractivity contribution in [2.45, 2.75) is 24.2 Å². The van der Waals surface area contributed by atoms with Crippen LogP contribution < -0.4 is 5.32 Å². The lowest BCUT2D eigenvalue weighted by molar-refractivity contribution is 0.0592. The Morgan fingerprint density at radius 1 is 1.29 bits per heavy atom. The topological polar surface area (TPSA) is 64.9 Å². The molecule has 1 N–H and O–H groups in total. The van der Waals surface area contributed by atoms with Crippen LogP contribution in [-0.4, -0.2) is 32.4 Å². The molecule has 1 unspecified atom stereocenters. The fourth-order valence-corrected chi connectivity index (χ4v) is 3.36. The van der Waals surface area contributed by atoms with Gasteiger partial charge in [0, 0.05) is 16.8 Å². The van der Waals surface area contributed by atoms with Crippen molar-refractivity contribution in [2.24, 2.45) is 0 Å². The minimum atomic E-state index is 0.0140. The monoisotopic (exact) mass is 405 g/mol. The SMILES string of the molecule is CSc1nc(Nc2ccc(Br)cc2)c2ncn(C3CCCO3)c2n1. The van der Waals surface area contributed by atoms with Crippen molar-refractivity contribution in [1.82, 2.24) is 19.5 Å². The van der Waals surface area contributed by atoms with Crippen LogP contribution in [0.5, 0.6) is 0 Å². The average molecular weight is 406 g/mol. The van der Waals surface area contributed by atoms with Gasteiger partial charge in [0.2, 0.25) is 0 Å². The maximum atomic E-state index is 5.78. The number of fused-ring (bicyclic) bond motifs is 1. The van der Waals surface area contributed by atoms with Gasteiger partial charge in [-0.3, -0.25) is 4.57 Å². The highest BCUT2D eigenvalue weighted by atomic mass is 79.9. The molecule has 0 radical (unpaired) electrons. The van der Waals surface area contributed by atoms with E-state index in [1.54, 1.807) is 6.33 Å². The Kier molecular flexibility index (Phi) is 4.43. The summed E-state index contributed by atoms with van der Waals surface area (Å²) in [5.74, 6) is 0.711. The lowest BCUT2D eigenvalue weighted by Crippen LogP contribution is -2.07. The van der Waals surface area contributed by atoms with Crippen LogP contribution in [0.15, 0.2) is 40.2 Å². The third kappa shape index (κ3) is 3.01. The van der Waals surface area contributed by atoms with E-state index in [1.807, 2.05) is 35.1 Å². The smallest absolute Gasteiger partial charge is 0.191 e. The Labute approximate surface area is 152 Å². The van der Waals surface area contributed by atoms with E-state index in [4.69, 9.17) is 4.74 Å². The van der Waals surface area contributed by atoms with Crippen molar-refractivity contribution in [1.29, 1.82) is 0 Å². The number of hydrogen-bond donors (Lipinski definition) is 1. The van der Waals surface area contributed by atoms with Crippen LogP contribution in [0, 0.1) is 0 Å². The van der Waals surface area contributed by atoms with Gasteiger partial charge in [-0.1, -0.05) is 27.7 Å². The zero-order chi connectivity index (χ0) is 16.5. The maximum Gasteiger partial charge on any atom is 0.191 e. The molecule has 3 aromatic rings. The van der Waals surface area contributed by atoms with Crippen LogP contribution in [0.1, 0.15) is 19.1 Å². The quantitative estimate of drug-likeness (QED) is 0.513. The molecule has 6 nitrogen and oxygen atoms in total. The van der Waals surface area contributed by atoms with Gasteiger partial charge in [0.25, 0.3) is 0 Å².